The smallest absolute Gasteiger partial charge is 0.266 e. The summed E-state index contributed by atoms with van der Waals surface area (Å²) in [4.78, 5) is 13.0. The van der Waals surface area contributed by atoms with Crippen molar-refractivity contribution in [2.45, 2.75) is 44.9 Å². The van der Waals surface area contributed by atoms with Crippen LogP contribution in [0.4, 0.5) is 0 Å². The molecule has 0 radical (unpaired) electrons. The number of nitrogens with zero attached hydrogens (tertiary/aromatic N) is 1. The van der Waals surface area contributed by atoms with Crippen LogP contribution < -0.4 is 5.43 Å². The Bertz CT molecular complexity index is 1020. The predicted molar refractivity (Wildman–Crippen MR) is 119 cm³/mol. The Morgan fingerprint density at radius 1 is 1.07 bits per heavy atom. The lowest BCUT2D eigenvalue weighted by Crippen LogP contribution is -2.18. The molecule has 1 aliphatic carbocycles. The molecule has 0 bridgehead atoms. The minimum atomic E-state index is -0.274. The van der Waals surface area contributed by atoms with Gasteiger partial charge in [0.05, 0.1) is 10.7 Å². The SMILES string of the molecule is C/C(=N\NC(=O)c1sc2ccccc2c1Cl)c1ccc(C2CCCCC2)cc1. The Morgan fingerprint density at radius 2 is 1.79 bits per heavy atom. The summed E-state index contributed by atoms with van der Waals surface area (Å²) in [6, 6.07) is 16.4. The highest BCUT2D eigenvalue weighted by Gasteiger charge is 2.17. The van der Waals surface area contributed by atoms with Crippen LogP contribution in [0.2, 0.25) is 5.02 Å². The molecule has 1 aromatic heterocycles. The van der Waals surface area contributed by atoms with Crippen molar-refractivity contribution in [3.05, 3.63) is 69.6 Å². The van der Waals surface area contributed by atoms with Crippen molar-refractivity contribution in [3.63, 3.8) is 0 Å². The predicted octanol–water partition coefficient (Wildman–Crippen LogP) is 6.76. The number of amides is 1. The Morgan fingerprint density at radius 3 is 2.50 bits per heavy atom. The van der Waals surface area contributed by atoms with Gasteiger partial charge in [-0.25, -0.2) is 5.43 Å². The average Bonchev–Trinajstić information content (AvgIpc) is 3.09. The zero-order valence-electron chi connectivity index (χ0n) is 15.9. The summed E-state index contributed by atoms with van der Waals surface area (Å²) in [5.41, 5.74) is 5.86. The molecule has 1 N–H and O–H groups in total. The number of carbonyl (C=O) groups is 1. The first-order valence-electron chi connectivity index (χ1n) is 9.75. The van der Waals surface area contributed by atoms with Crippen molar-refractivity contribution in [1.82, 2.24) is 5.43 Å². The van der Waals surface area contributed by atoms with Crippen LogP contribution in [0.25, 0.3) is 10.1 Å². The molecule has 1 amide bonds. The number of halogens is 1. The number of hydrazone groups is 1. The van der Waals surface area contributed by atoms with Crippen molar-refractivity contribution in [1.29, 1.82) is 0 Å². The fourth-order valence-electron chi connectivity index (χ4n) is 3.84. The van der Waals surface area contributed by atoms with Crippen molar-refractivity contribution in [2.75, 3.05) is 0 Å². The Labute approximate surface area is 174 Å². The van der Waals surface area contributed by atoms with E-state index in [2.05, 4.69) is 34.8 Å². The standard InChI is InChI=1S/C23H23ClN2OS/c1-15(16-11-13-18(14-12-16)17-7-3-2-4-8-17)25-26-23(27)22-21(24)19-9-5-6-10-20(19)28-22/h5-6,9-14,17H,2-4,7-8H2,1H3,(H,26,27)/b25-15+. The van der Waals surface area contributed by atoms with E-state index in [1.54, 1.807) is 0 Å². The number of hydrogen-bond donors (Lipinski definition) is 1. The number of hydrogen-bond acceptors (Lipinski definition) is 3. The third-order valence-corrected chi connectivity index (χ3v) is 7.15. The third kappa shape index (κ3) is 3.98. The zero-order valence-corrected chi connectivity index (χ0v) is 17.4. The molecule has 144 valence electrons. The molecule has 0 saturated heterocycles. The van der Waals surface area contributed by atoms with Gasteiger partial charge >= 0.3 is 0 Å². The number of thiophene rings is 1. The second-order valence-electron chi connectivity index (χ2n) is 7.34. The van der Waals surface area contributed by atoms with Gasteiger partial charge in [-0.15, -0.1) is 11.3 Å². The van der Waals surface area contributed by atoms with Crippen molar-refractivity contribution >= 4 is 44.6 Å². The molecule has 3 nitrogen and oxygen atoms in total. The van der Waals surface area contributed by atoms with Gasteiger partial charge in [0.25, 0.3) is 5.91 Å². The lowest BCUT2D eigenvalue weighted by molar-refractivity contribution is 0.0959. The maximum Gasteiger partial charge on any atom is 0.283 e. The first kappa shape index (κ1) is 19.2. The topological polar surface area (TPSA) is 41.5 Å². The summed E-state index contributed by atoms with van der Waals surface area (Å²) >= 11 is 7.76. The van der Waals surface area contributed by atoms with E-state index in [-0.39, 0.29) is 5.91 Å². The summed E-state index contributed by atoms with van der Waals surface area (Å²) < 4.78 is 0.997. The van der Waals surface area contributed by atoms with Crippen LogP contribution in [-0.2, 0) is 0 Å². The second kappa shape index (κ2) is 8.46. The van der Waals surface area contributed by atoms with E-state index < -0.39 is 0 Å². The fraction of sp³-hybridized carbons (Fsp3) is 0.304. The van der Waals surface area contributed by atoms with Crippen LogP contribution in [0.15, 0.2) is 53.6 Å². The molecule has 5 heteroatoms. The summed E-state index contributed by atoms with van der Waals surface area (Å²) in [6.07, 6.45) is 6.61. The second-order valence-corrected chi connectivity index (χ2v) is 8.77. The van der Waals surface area contributed by atoms with Gasteiger partial charge in [-0.3, -0.25) is 4.79 Å². The highest BCUT2D eigenvalue weighted by atomic mass is 35.5. The molecule has 0 aliphatic heterocycles. The van der Waals surface area contributed by atoms with E-state index in [0.29, 0.717) is 15.8 Å². The highest BCUT2D eigenvalue weighted by Crippen LogP contribution is 2.35. The molecule has 1 saturated carbocycles. The largest absolute Gasteiger partial charge is 0.283 e. The molecule has 4 rings (SSSR count). The molecule has 3 aromatic rings. The molecule has 0 unspecified atom stereocenters. The Kier molecular flexibility index (Phi) is 5.79. The van der Waals surface area contributed by atoms with Crippen LogP contribution in [0, 0.1) is 0 Å². The minimum absolute atomic E-state index is 0.274. The van der Waals surface area contributed by atoms with Gasteiger partial charge in [-0.1, -0.05) is 73.3 Å². The monoisotopic (exact) mass is 410 g/mol. The first-order chi connectivity index (χ1) is 13.6. The van der Waals surface area contributed by atoms with Gasteiger partial charge in [-0.2, -0.15) is 5.10 Å². The van der Waals surface area contributed by atoms with Crippen LogP contribution in [0.3, 0.4) is 0 Å². The van der Waals surface area contributed by atoms with Crippen LogP contribution in [0.1, 0.15) is 65.7 Å². The average molecular weight is 411 g/mol. The number of fused-ring (bicyclic) bond motifs is 1. The lowest BCUT2D eigenvalue weighted by atomic mass is 9.84. The maximum atomic E-state index is 12.5. The van der Waals surface area contributed by atoms with Crippen molar-refractivity contribution in [3.8, 4) is 0 Å². The molecule has 28 heavy (non-hydrogen) atoms. The molecule has 1 fully saturated rings. The number of carbonyl (C=O) groups excluding carboxylic acids is 1. The van der Waals surface area contributed by atoms with Gasteiger partial charge in [0.1, 0.15) is 4.88 Å². The molecular formula is C23H23ClN2OS. The molecule has 2 aromatic carbocycles. The Balaban J connectivity index is 1.46. The number of benzene rings is 2. The van der Waals surface area contributed by atoms with Gasteiger partial charge in [0.2, 0.25) is 0 Å². The van der Waals surface area contributed by atoms with E-state index in [4.69, 9.17) is 11.6 Å². The summed E-state index contributed by atoms with van der Waals surface area (Å²) in [5, 5.41) is 5.68. The molecule has 0 spiro atoms. The number of rotatable bonds is 4. The maximum absolute atomic E-state index is 12.5. The van der Waals surface area contributed by atoms with E-state index >= 15 is 0 Å². The van der Waals surface area contributed by atoms with Gasteiger partial charge in [0.15, 0.2) is 0 Å². The van der Waals surface area contributed by atoms with Crippen LogP contribution in [-0.4, -0.2) is 11.6 Å². The quantitative estimate of drug-likeness (QED) is 0.374. The van der Waals surface area contributed by atoms with Gasteiger partial charge in [0, 0.05) is 10.1 Å². The molecule has 0 atom stereocenters. The van der Waals surface area contributed by atoms with Crippen LogP contribution >= 0.6 is 22.9 Å². The zero-order chi connectivity index (χ0) is 19.5. The lowest BCUT2D eigenvalue weighted by Gasteiger charge is -2.22. The first-order valence-corrected chi connectivity index (χ1v) is 10.9. The van der Waals surface area contributed by atoms with Crippen molar-refractivity contribution in [2.24, 2.45) is 5.10 Å². The van der Waals surface area contributed by atoms with E-state index in [1.807, 2.05) is 31.2 Å². The fourth-order valence-corrected chi connectivity index (χ4v) is 5.25. The minimum Gasteiger partial charge on any atom is -0.266 e. The molecule has 1 aliphatic rings. The van der Waals surface area contributed by atoms with E-state index in [0.717, 1.165) is 21.4 Å². The van der Waals surface area contributed by atoms with E-state index in [1.165, 1.54) is 49.0 Å². The third-order valence-electron chi connectivity index (χ3n) is 5.47. The summed E-state index contributed by atoms with van der Waals surface area (Å²) in [6.45, 7) is 1.91. The summed E-state index contributed by atoms with van der Waals surface area (Å²) in [5.74, 6) is 0.416. The molecule has 1 heterocycles. The molecular weight excluding hydrogens is 388 g/mol. The highest BCUT2D eigenvalue weighted by molar-refractivity contribution is 7.21. The van der Waals surface area contributed by atoms with E-state index in [9.17, 15) is 4.79 Å². The van der Waals surface area contributed by atoms with Crippen molar-refractivity contribution < 1.29 is 4.79 Å². The van der Waals surface area contributed by atoms with Gasteiger partial charge < -0.3 is 0 Å². The normalized spacial score (nSPS) is 15.7. The number of nitrogens with one attached hydrogen (secondary N) is 1. The summed E-state index contributed by atoms with van der Waals surface area (Å²) in [7, 11) is 0. The van der Waals surface area contributed by atoms with Crippen LogP contribution in [0.5, 0.6) is 0 Å². The van der Waals surface area contributed by atoms with Gasteiger partial charge in [-0.05, 0) is 42.9 Å². The Hall–Kier alpha value is -2.17.